The number of nitrogens with zero attached hydrogens (tertiary/aromatic N) is 1. The predicted octanol–water partition coefficient (Wildman–Crippen LogP) is 3.75. The maximum Gasteiger partial charge on any atom is 0.261 e. The average molecular weight is 397 g/mol. The van der Waals surface area contributed by atoms with Gasteiger partial charge >= 0.3 is 0 Å². The Kier molecular flexibility index (Phi) is 8.71. The fraction of sp³-hybridized carbons (Fsp3) is 0.417. The van der Waals surface area contributed by atoms with Crippen LogP contribution in [0.3, 0.4) is 0 Å². The first kappa shape index (κ1) is 22.5. The van der Waals surface area contributed by atoms with E-state index in [1.54, 1.807) is 11.8 Å². The van der Waals surface area contributed by atoms with E-state index in [4.69, 9.17) is 4.74 Å². The first-order valence-corrected chi connectivity index (χ1v) is 10.2. The smallest absolute Gasteiger partial charge is 0.261 e. The summed E-state index contributed by atoms with van der Waals surface area (Å²) >= 11 is 0. The summed E-state index contributed by atoms with van der Waals surface area (Å²) < 4.78 is 5.74. The van der Waals surface area contributed by atoms with Gasteiger partial charge in [-0.05, 0) is 50.8 Å². The molecule has 2 atom stereocenters. The van der Waals surface area contributed by atoms with E-state index in [-0.39, 0.29) is 24.5 Å². The van der Waals surface area contributed by atoms with Gasteiger partial charge < -0.3 is 15.0 Å². The van der Waals surface area contributed by atoms with Crippen molar-refractivity contribution in [2.24, 2.45) is 0 Å². The van der Waals surface area contributed by atoms with E-state index in [2.05, 4.69) is 5.32 Å². The number of carbonyl (C=O) groups excluding carboxylic acids is 2. The topological polar surface area (TPSA) is 58.6 Å². The summed E-state index contributed by atoms with van der Waals surface area (Å²) in [4.78, 5) is 27.2. The molecule has 2 amide bonds. The molecule has 156 valence electrons. The fourth-order valence-electron chi connectivity index (χ4n) is 2.98. The minimum Gasteiger partial charge on any atom is -0.484 e. The molecule has 0 saturated carbocycles. The number of hydrogen-bond donors (Lipinski definition) is 1. The second-order valence-electron chi connectivity index (χ2n) is 7.37. The highest BCUT2D eigenvalue weighted by Gasteiger charge is 2.26. The van der Waals surface area contributed by atoms with E-state index in [0.29, 0.717) is 18.7 Å². The quantitative estimate of drug-likeness (QED) is 0.665. The van der Waals surface area contributed by atoms with Crippen molar-refractivity contribution in [1.82, 2.24) is 10.2 Å². The van der Waals surface area contributed by atoms with E-state index >= 15 is 0 Å². The van der Waals surface area contributed by atoms with Crippen LogP contribution in [-0.4, -0.2) is 41.9 Å². The summed E-state index contributed by atoms with van der Waals surface area (Å²) in [7, 11) is 0. The number of para-hydroxylation sites is 1. The van der Waals surface area contributed by atoms with Gasteiger partial charge in [-0.15, -0.1) is 0 Å². The van der Waals surface area contributed by atoms with Gasteiger partial charge in [0.15, 0.2) is 6.61 Å². The van der Waals surface area contributed by atoms with Crippen molar-refractivity contribution < 1.29 is 14.3 Å². The van der Waals surface area contributed by atoms with Crippen LogP contribution in [0.5, 0.6) is 5.75 Å². The molecule has 5 heteroatoms. The molecule has 0 heterocycles. The van der Waals surface area contributed by atoms with Gasteiger partial charge in [-0.1, -0.05) is 55.5 Å². The number of amides is 2. The van der Waals surface area contributed by atoms with Crippen LogP contribution >= 0.6 is 0 Å². The molecule has 0 saturated heterocycles. The molecule has 0 fully saturated rings. The summed E-state index contributed by atoms with van der Waals surface area (Å²) in [5, 5.41) is 2.97. The van der Waals surface area contributed by atoms with Crippen molar-refractivity contribution in [1.29, 1.82) is 0 Å². The van der Waals surface area contributed by atoms with Crippen LogP contribution in [0.4, 0.5) is 0 Å². The lowest BCUT2D eigenvalue weighted by Crippen LogP contribution is -2.51. The van der Waals surface area contributed by atoms with E-state index in [1.165, 1.54) is 0 Å². The van der Waals surface area contributed by atoms with Gasteiger partial charge in [0, 0.05) is 12.6 Å². The highest BCUT2D eigenvalue weighted by atomic mass is 16.5. The Labute approximate surface area is 174 Å². The van der Waals surface area contributed by atoms with Crippen molar-refractivity contribution in [3.63, 3.8) is 0 Å². The van der Waals surface area contributed by atoms with E-state index < -0.39 is 6.04 Å². The molecule has 0 aromatic heterocycles. The second kappa shape index (κ2) is 11.2. The molecule has 0 bridgehead atoms. The number of rotatable bonds is 10. The Bertz CT molecular complexity index is 792. The molecule has 0 aliphatic rings. The standard InChI is InChI=1S/C24H32N2O3/c1-5-19(3)25-24(28)20(4)26(16-15-21-12-7-6-8-13-21)23(27)17-29-22-14-10-9-11-18(22)2/h6-14,19-20H,5,15-17H2,1-4H3,(H,25,28). The van der Waals surface area contributed by atoms with Crippen molar-refractivity contribution in [2.75, 3.05) is 13.2 Å². The molecule has 29 heavy (non-hydrogen) atoms. The molecule has 0 aliphatic carbocycles. The molecule has 2 rings (SSSR count). The number of carbonyl (C=O) groups is 2. The van der Waals surface area contributed by atoms with Gasteiger partial charge in [0.25, 0.3) is 5.91 Å². The monoisotopic (exact) mass is 396 g/mol. The van der Waals surface area contributed by atoms with Crippen molar-refractivity contribution in [3.8, 4) is 5.75 Å². The Balaban J connectivity index is 2.08. The number of nitrogens with one attached hydrogen (secondary N) is 1. The minimum absolute atomic E-state index is 0.0687. The normalized spacial score (nSPS) is 12.7. The molecule has 2 unspecified atom stereocenters. The van der Waals surface area contributed by atoms with Crippen molar-refractivity contribution >= 4 is 11.8 Å². The predicted molar refractivity (Wildman–Crippen MR) is 116 cm³/mol. The first-order valence-electron chi connectivity index (χ1n) is 10.2. The number of hydrogen-bond acceptors (Lipinski definition) is 3. The van der Waals surface area contributed by atoms with E-state index in [0.717, 1.165) is 17.5 Å². The molecule has 0 aliphatic heterocycles. The Morgan fingerprint density at radius 1 is 1.03 bits per heavy atom. The van der Waals surface area contributed by atoms with Crippen LogP contribution in [0.2, 0.25) is 0 Å². The van der Waals surface area contributed by atoms with Gasteiger partial charge in [0.2, 0.25) is 5.91 Å². The van der Waals surface area contributed by atoms with Crippen LogP contribution in [0.25, 0.3) is 0 Å². The zero-order valence-electron chi connectivity index (χ0n) is 17.9. The largest absolute Gasteiger partial charge is 0.484 e. The molecular formula is C24H32N2O3. The zero-order valence-corrected chi connectivity index (χ0v) is 17.9. The van der Waals surface area contributed by atoms with Crippen LogP contribution in [0.1, 0.15) is 38.3 Å². The first-order chi connectivity index (χ1) is 13.9. The number of ether oxygens (including phenoxy) is 1. The van der Waals surface area contributed by atoms with Crippen LogP contribution < -0.4 is 10.1 Å². The Hall–Kier alpha value is -2.82. The summed E-state index contributed by atoms with van der Waals surface area (Å²) in [5.74, 6) is 0.341. The lowest BCUT2D eigenvalue weighted by molar-refractivity contribution is -0.141. The molecule has 0 radical (unpaired) electrons. The molecule has 2 aromatic carbocycles. The van der Waals surface area contributed by atoms with Gasteiger partial charge in [-0.3, -0.25) is 9.59 Å². The average Bonchev–Trinajstić information content (AvgIpc) is 2.73. The van der Waals surface area contributed by atoms with E-state index in [9.17, 15) is 9.59 Å². The maximum atomic E-state index is 13.0. The van der Waals surface area contributed by atoms with Crippen LogP contribution in [-0.2, 0) is 16.0 Å². The van der Waals surface area contributed by atoms with Crippen molar-refractivity contribution in [2.45, 2.75) is 52.6 Å². The summed E-state index contributed by atoms with van der Waals surface area (Å²) in [6, 6.07) is 17.0. The molecule has 0 spiro atoms. The van der Waals surface area contributed by atoms with Gasteiger partial charge in [-0.25, -0.2) is 0 Å². The van der Waals surface area contributed by atoms with Gasteiger partial charge in [0.1, 0.15) is 11.8 Å². The van der Waals surface area contributed by atoms with Crippen molar-refractivity contribution in [3.05, 3.63) is 65.7 Å². The third-order valence-electron chi connectivity index (χ3n) is 5.10. The summed E-state index contributed by atoms with van der Waals surface area (Å²) in [6.45, 7) is 8.05. The zero-order chi connectivity index (χ0) is 21.2. The third-order valence-corrected chi connectivity index (χ3v) is 5.10. The number of aryl methyl sites for hydroxylation is 1. The minimum atomic E-state index is -0.569. The Morgan fingerprint density at radius 2 is 1.69 bits per heavy atom. The lowest BCUT2D eigenvalue weighted by Gasteiger charge is -2.29. The van der Waals surface area contributed by atoms with E-state index in [1.807, 2.05) is 75.4 Å². The Morgan fingerprint density at radius 3 is 2.34 bits per heavy atom. The molecule has 5 nitrogen and oxygen atoms in total. The highest BCUT2D eigenvalue weighted by molar-refractivity contribution is 5.88. The summed E-state index contributed by atoms with van der Waals surface area (Å²) in [5.41, 5.74) is 2.10. The SMILES string of the molecule is CCC(C)NC(=O)C(C)N(CCc1ccccc1)C(=O)COc1ccccc1C. The van der Waals surface area contributed by atoms with Gasteiger partial charge in [-0.2, -0.15) is 0 Å². The second-order valence-corrected chi connectivity index (χ2v) is 7.37. The van der Waals surface area contributed by atoms with Crippen LogP contribution in [0, 0.1) is 6.92 Å². The summed E-state index contributed by atoms with van der Waals surface area (Å²) in [6.07, 6.45) is 1.52. The van der Waals surface area contributed by atoms with Gasteiger partial charge in [0.05, 0.1) is 0 Å². The third kappa shape index (κ3) is 6.93. The molecule has 1 N–H and O–H groups in total. The highest BCUT2D eigenvalue weighted by Crippen LogP contribution is 2.16. The number of benzene rings is 2. The fourth-order valence-corrected chi connectivity index (χ4v) is 2.98. The maximum absolute atomic E-state index is 13.0. The van der Waals surface area contributed by atoms with Crippen LogP contribution in [0.15, 0.2) is 54.6 Å². The molecule has 2 aromatic rings. The molecular weight excluding hydrogens is 364 g/mol. The lowest BCUT2D eigenvalue weighted by atomic mass is 10.1.